The maximum Gasteiger partial charge on any atom is 0.226 e. The number of aliphatic hydroxyl groups excluding tert-OH is 1. The van der Waals surface area contributed by atoms with Gasteiger partial charge < -0.3 is 19.5 Å². The first-order valence-electron chi connectivity index (χ1n) is 9.15. The minimum absolute atomic E-state index is 0.000878. The number of methoxy groups -OCH3 is 1. The van der Waals surface area contributed by atoms with Gasteiger partial charge in [-0.15, -0.1) is 0 Å². The van der Waals surface area contributed by atoms with Crippen molar-refractivity contribution in [1.29, 1.82) is 0 Å². The molecule has 5 heteroatoms. The molecule has 0 spiro atoms. The smallest absolute Gasteiger partial charge is 0.226 e. The van der Waals surface area contributed by atoms with Crippen molar-refractivity contribution in [1.82, 2.24) is 4.90 Å². The van der Waals surface area contributed by atoms with Crippen LogP contribution in [0.25, 0.3) is 0 Å². The first-order valence-corrected chi connectivity index (χ1v) is 9.15. The number of carbonyl (C=O) groups is 1. The predicted octanol–water partition coefficient (Wildman–Crippen LogP) is 3.41. The number of carbonyl (C=O) groups excluding carboxylic acids is 1. The molecule has 1 N–H and O–H groups in total. The number of benzene rings is 1. The van der Waals surface area contributed by atoms with Crippen molar-refractivity contribution in [2.24, 2.45) is 5.41 Å². The van der Waals surface area contributed by atoms with Gasteiger partial charge in [-0.05, 0) is 45.4 Å². The quantitative estimate of drug-likeness (QED) is 0.872. The van der Waals surface area contributed by atoms with Gasteiger partial charge in [0.25, 0.3) is 0 Å². The SMILES string of the molecule is C[CH]C(=O)N1C[C@@H](c2ccc(OC)c(OC(C)(C)C)c2)[C@](C)([C@@H](C)O)C1. The number of rotatable bonds is 5. The van der Waals surface area contributed by atoms with E-state index in [4.69, 9.17) is 9.47 Å². The topological polar surface area (TPSA) is 59.0 Å². The van der Waals surface area contributed by atoms with E-state index in [1.54, 1.807) is 27.4 Å². The number of nitrogens with zero attached hydrogens (tertiary/aromatic N) is 1. The van der Waals surface area contributed by atoms with Gasteiger partial charge in [0.2, 0.25) is 5.91 Å². The molecule has 1 heterocycles. The van der Waals surface area contributed by atoms with E-state index in [0.717, 1.165) is 5.56 Å². The van der Waals surface area contributed by atoms with E-state index in [9.17, 15) is 9.90 Å². The Bertz CT molecular complexity index is 650. The molecule has 3 atom stereocenters. The summed E-state index contributed by atoms with van der Waals surface area (Å²) in [5.74, 6) is 1.37. The van der Waals surface area contributed by atoms with Gasteiger partial charge in [0.1, 0.15) is 5.60 Å². The summed E-state index contributed by atoms with van der Waals surface area (Å²) in [5.41, 5.74) is 0.264. The van der Waals surface area contributed by atoms with Crippen LogP contribution in [0.2, 0.25) is 0 Å². The van der Waals surface area contributed by atoms with Crippen molar-refractivity contribution < 1.29 is 19.4 Å². The number of hydrogen-bond acceptors (Lipinski definition) is 4. The van der Waals surface area contributed by atoms with Gasteiger partial charge in [0.15, 0.2) is 11.5 Å². The molecule has 145 valence electrons. The Kier molecular flexibility index (Phi) is 5.91. The van der Waals surface area contributed by atoms with Crippen LogP contribution in [0, 0.1) is 11.8 Å². The predicted molar refractivity (Wildman–Crippen MR) is 102 cm³/mol. The molecule has 1 radical (unpaired) electrons. The first kappa shape index (κ1) is 20.6. The largest absolute Gasteiger partial charge is 0.493 e. The van der Waals surface area contributed by atoms with Crippen LogP contribution in [0.15, 0.2) is 18.2 Å². The number of likely N-dealkylation sites (tertiary alicyclic amines) is 1. The molecule has 0 aromatic heterocycles. The van der Waals surface area contributed by atoms with Gasteiger partial charge in [0.05, 0.1) is 13.2 Å². The summed E-state index contributed by atoms with van der Waals surface area (Å²) in [4.78, 5) is 14.0. The average molecular weight is 362 g/mol. The summed E-state index contributed by atoms with van der Waals surface area (Å²) >= 11 is 0. The average Bonchev–Trinajstić information content (AvgIpc) is 2.92. The summed E-state index contributed by atoms with van der Waals surface area (Å²) in [6, 6.07) is 5.89. The van der Waals surface area contributed by atoms with Crippen LogP contribution in [0.1, 0.15) is 53.0 Å². The third kappa shape index (κ3) is 4.14. The molecular weight excluding hydrogens is 330 g/mol. The fourth-order valence-corrected chi connectivity index (χ4v) is 3.59. The highest BCUT2D eigenvalue weighted by atomic mass is 16.5. The van der Waals surface area contributed by atoms with Crippen LogP contribution in [0.4, 0.5) is 0 Å². The number of hydrogen-bond donors (Lipinski definition) is 1. The molecule has 2 rings (SSSR count). The van der Waals surface area contributed by atoms with Crippen LogP contribution in [0.5, 0.6) is 11.5 Å². The lowest BCUT2D eigenvalue weighted by Crippen LogP contribution is -2.38. The Morgan fingerprint density at radius 2 is 2.04 bits per heavy atom. The normalized spacial score (nSPS) is 24.5. The molecule has 1 fully saturated rings. The molecule has 5 nitrogen and oxygen atoms in total. The standard InChI is InChI=1S/C21H32NO4/c1-8-19(24)22-12-16(21(6,13-22)14(2)23)15-9-10-17(25-7)18(11-15)26-20(3,4)5/h8-11,14,16,23H,12-13H2,1-7H3/t14-,16+,21+/m1/s1. The summed E-state index contributed by atoms with van der Waals surface area (Å²) < 4.78 is 11.5. The van der Waals surface area contributed by atoms with E-state index in [2.05, 4.69) is 0 Å². The van der Waals surface area contributed by atoms with Gasteiger partial charge in [-0.3, -0.25) is 4.79 Å². The van der Waals surface area contributed by atoms with E-state index in [1.165, 1.54) is 0 Å². The first-order chi connectivity index (χ1) is 12.0. The Balaban J connectivity index is 2.44. The second kappa shape index (κ2) is 7.47. The maximum atomic E-state index is 12.2. The van der Waals surface area contributed by atoms with Crippen molar-refractivity contribution in [2.75, 3.05) is 20.2 Å². The molecular formula is C21H32NO4. The van der Waals surface area contributed by atoms with E-state index in [0.29, 0.717) is 24.6 Å². The molecule has 1 aromatic rings. The zero-order chi connectivity index (χ0) is 19.7. The summed E-state index contributed by atoms with van der Waals surface area (Å²) in [6.07, 6.45) is 1.03. The molecule has 0 aliphatic carbocycles. The fourth-order valence-electron chi connectivity index (χ4n) is 3.59. The zero-order valence-electron chi connectivity index (χ0n) is 17.0. The summed E-state index contributed by atoms with van der Waals surface area (Å²) in [7, 11) is 1.62. The van der Waals surface area contributed by atoms with E-state index < -0.39 is 11.5 Å². The lowest BCUT2D eigenvalue weighted by Gasteiger charge is -2.34. The second-order valence-electron chi connectivity index (χ2n) is 8.37. The number of amides is 1. The highest BCUT2D eigenvalue weighted by Crippen LogP contribution is 2.47. The van der Waals surface area contributed by atoms with Crippen molar-refractivity contribution in [3.8, 4) is 11.5 Å². The molecule has 1 aliphatic rings. The second-order valence-corrected chi connectivity index (χ2v) is 8.37. The Morgan fingerprint density at radius 3 is 2.54 bits per heavy atom. The van der Waals surface area contributed by atoms with Crippen LogP contribution >= 0.6 is 0 Å². The number of aliphatic hydroxyl groups is 1. The number of ether oxygens (including phenoxy) is 2. The van der Waals surface area contributed by atoms with Crippen molar-refractivity contribution in [3.05, 3.63) is 30.2 Å². The third-order valence-corrected chi connectivity index (χ3v) is 5.25. The van der Waals surface area contributed by atoms with Gasteiger partial charge in [-0.2, -0.15) is 0 Å². The van der Waals surface area contributed by atoms with Crippen molar-refractivity contribution in [2.45, 2.75) is 59.2 Å². The molecule has 1 aliphatic heterocycles. The third-order valence-electron chi connectivity index (χ3n) is 5.25. The highest BCUT2D eigenvalue weighted by Gasteiger charge is 2.48. The fraction of sp³-hybridized carbons (Fsp3) is 0.619. The maximum absolute atomic E-state index is 12.2. The minimum atomic E-state index is -0.545. The molecule has 1 saturated heterocycles. The van der Waals surface area contributed by atoms with Crippen LogP contribution < -0.4 is 9.47 Å². The minimum Gasteiger partial charge on any atom is -0.493 e. The Morgan fingerprint density at radius 1 is 1.38 bits per heavy atom. The molecule has 1 aromatic carbocycles. The summed E-state index contributed by atoms with van der Waals surface area (Å²) in [6.45, 7) is 12.7. The van der Waals surface area contributed by atoms with E-state index in [1.807, 2.05) is 50.8 Å². The lowest BCUT2D eigenvalue weighted by atomic mass is 9.72. The molecule has 0 unspecified atom stereocenters. The van der Waals surface area contributed by atoms with Gasteiger partial charge >= 0.3 is 0 Å². The molecule has 0 bridgehead atoms. The molecule has 0 saturated carbocycles. The van der Waals surface area contributed by atoms with Crippen molar-refractivity contribution in [3.63, 3.8) is 0 Å². The monoisotopic (exact) mass is 362 g/mol. The van der Waals surface area contributed by atoms with E-state index in [-0.39, 0.29) is 17.4 Å². The lowest BCUT2D eigenvalue weighted by molar-refractivity contribution is -0.127. The van der Waals surface area contributed by atoms with Gasteiger partial charge in [-0.1, -0.05) is 19.9 Å². The summed E-state index contributed by atoms with van der Waals surface area (Å²) in [5, 5.41) is 10.5. The van der Waals surface area contributed by atoms with Crippen LogP contribution in [-0.4, -0.2) is 47.8 Å². The van der Waals surface area contributed by atoms with Crippen LogP contribution in [0.3, 0.4) is 0 Å². The van der Waals surface area contributed by atoms with Crippen LogP contribution in [-0.2, 0) is 4.79 Å². The highest BCUT2D eigenvalue weighted by molar-refractivity contribution is 5.84. The molecule has 1 amide bonds. The van der Waals surface area contributed by atoms with Gasteiger partial charge in [-0.25, -0.2) is 0 Å². The van der Waals surface area contributed by atoms with Gasteiger partial charge in [0, 0.05) is 30.8 Å². The Labute approximate surface area is 157 Å². The zero-order valence-corrected chi connectivity index (χ0v) is 17.0. The van der Waals surface area contributed by atoms with Crippen molar-refractivity contribution >= 4 is 5.91 Å². The van der Waals surface area contributed by atoms with E-state index >= 15 is 0 Å². The molecule has 26 heavy (non-hydrogen) atoms. The Hall–Kier alpha value is -1.75.